The molecule has 0 bridgehead atoms. The van der Waals surface area contributed by atoms with E-state index in [2.05, 4.69) is 16.9 Å². The minimum atomic E-state index is -3.54. The van der Waals surface area contributed by atoms with Gasteiger partial charge >= 0.3 is 0 Å². The van der Waals surface area contributed by atoms with Crippen LogP contribution < -0.4 is 4.74 Å². The van der Waals surface area contributed by atoms with Crippen LogP contribution in [0, 0.1) is 5.82 Å². The first kappa shape index (κ1) is 24.6. The lowest BCUT2D eigenvalue weighted by atomic mass is 10.0. The van der Waals surface area contributed by atoms with Crippen molar-refractivity contribution in [2.45, 2.75) is 43.0 Å². The molecule has 34 heavy (non-hydrogen) atoms. The molecule has 0 saturated carbocycles. The van der Waals surface area contributed by atoms with Crippen molar-refractivity contribution in [3.63, 3.8) is 0 Å². The molecule has 0 amide bonds. The number of hydrogen-bond acceptors (Lipinski definition) is 5. The van der Waals surface area contributed by atoms with Crippen molar-refractivity contribution in [2.75, 3.05) is 33.3 Å². The van der Waals surface area contributed by atoms with Crippen molar-refractivity contribution in [3.05, 3.63) is 66.7 Å². The summed E-state index contributed by atoms with van der Waals surface area (Å²) in [6.07, 6.45) is 8.05. The minimum absolute atomic E-state index is 0.259. The Labute approximate surface area is 201 Å². The summed E-state index contributed by atoms with van der Waals surface area (Å²) in [4.78, 5) is 6.82. The highest BCUT2D eigenvalue weighted by molar-refractivity contribution is 7.89. The Hall–Kier alpha value is -2.55. The van der Waals surface area contributed by atoms with Crippen LogP contribution in [0.4, 0.5) is 4.39 Å². The average Bonchev–Trinajstić information content (AvgIpc) is 2.86. The molecular weight excluding hydrogens is 453 g/mol. The van der Waals surface area contributed by atoms with Gasteiger partial charge in [-0.05, 0) is 82.1 Å². The fourth-order valence-corrected chi connectivity index (χ4v) is 6.21. The normalized spacial score (nSPS) is 15.7. The predicted octanol–water partition coefficient (Wildman–Crippen LogP) is 4.71. The van der Waals surface area contributed by atoms with Gasteiger partial charge in [-0.25, -0.2) is 12.8 Å². The number of pyridine rings is 1. The van der Waals surface area contributed by atoms with Crippen LogP contribution in [0.25, 0.3) is 10.8 Å². The SMILES string of the molecule is CN(CCCCCOc1ccc(F)cc1)C1CCN(S(=O)(=O)c2cccc3cnccc23)CC1. The molecule has 1 aromatic heterocycles. The zero-order valence-electron chi connectivity index (χ0n) is 19.6. The van der Waals surface area contributed by atoms with E-state index in [1.54, 1.807) is 47.0 Å². The molecule has 2 heterocycles. The molecular formula is C26H32FN3O3S. The Morgan fingerprint density at radius 2 is 1.82 bits per heavy atom. The monoisotopic (exact) mass is 485 g/mol. The van der Waals surface area contributed by atoms with Crippen LogP contribution in [-0.4, -0.2) is 61.9 Å². The molecule has 8 heteroatoms. The van der Waals surface area contributed by atoms with E-state index in [-0.39, 0.29) is 5.82 Å². The Balaban J connectivity index is 1.20. The minimum Gasteiger partial charge on any atom is -0.494 e. The number of sulfonamides is 1. The van der Waals surface area contributed by atoms with Crippen LogP contribution >= 0.6 is 0 Å². The summed E-state index contributed by atoms with van der Waals surface area (Å²) in [6, 6.07) is 13.6. The van der Waals surface area contributed by atoms with Crippen molar-refractivity contribution in [2.24, 2.45) is 0 Å². The first-order valence-electron chi connectivity index (χ1n) is 11.9. The number of aromatic nitrogens is 1. The average molecular weight is 486 g/mol. The maximum atomic E-state index is 13.3. The van der Waals surface area contributed by atoms with Gasteiger partial charge in [0.1, 0.15) is 11.6 Å². The summed E-state index contributed by atoms with van der Waals surface area (Å²) in [5.74, 6) is 0.435. The van der Waals surface area contributed by atoms with Gasteiger partial charge in [0.2, 0.25) is 10.0 Å². The third-order valence-electron chi connectivity index (χ3n) is 6.54. The van der Waals surface area contributed by atoms with Gasteiger partial charge < -0.3 is 9.64 Å². The quantitative estimate of drug-likeness (QED) is 0.389. The van der Waals surface area contributed by atoms with Crippen LogP contribution in [0.1, 0.15) is 32.1 Å². The lowest BCUT2D eigenvalue weighted by Gasteiger charge is -2.36. The third-order valence-corrected chi connectivity index (χ3v) is 8.50. The Bertz CT molecular complexity index is 1170. The standard InChI is InChI=1S/C26H32FN3O3S/c1-29(16-3-2-4-19-33-24-10-8-22(27)9-11-24)23-13-17-30(18-14-23)34(31,32)26-7-5-6-21-20-28-15-12-25(21)26/h5-12,15,20,23H,2-4,13-14,16-19H2,1H3. The largest absolute Gasteiger partial charge is 0.494 e. The molecule has 3 aromatic rings. The van der Waals surface area contributed by atoms with E-state index < -0.39 is 10.0 Å². The summed E-state index contributed by atoms with van der Waals surface area (Å²) in [7, 11) is -1.41. The second-order valence-corrected chi connectivity index (χ2v) is 10.7. The van der Waals surface area contributed by atoms with E-state index in [4.69, 9.17) is 4.74 Å². The summed E-state index contributed by atoms with van der Waals surface area (Å²) >= 11 is 0. The predicted molar refractivity (Wildman–Crippen MR) is 132 cm³/mol. The van der Waals surface area contributed by atoms with E-state index in [1.807, 2.05) is 6.07 Å². The number of piperidine rings is 1. The van der Waals surface area contributed by atoms with Crippen LogP contribution in [0.5, 0.6) is 5.75 Å². The van der Waals surface area contributed by atoms with Crippen molar-refractivity contribution in [3.8, 4) is 5.75 Å². The molecule has 6 nitrogen and oxygen atoms in total. The zero-order valence-corrected chi connectivity index (χ0v) is 20.4. The smallest absolute Gasteiger partial charge is 0.243 e. The molecule has 0 aliphatic carbocycles. The van der Waals surface area contributed by atoms with Crippen molar-refractivity contribution < 1.29 is 17.5 Å². The Morgan fingerprint density at radius 3 is 2.59 bits per heavy atom. The topological polar surface area (TPSA) is 62.7 Å². The maximum absolute atomic E-state index is 13.3. The van der Waals surface area contributed by atoms with Crippen LogP contribution in [-0.2, 0) is 10.0 Å². The second kappa shape index (κ2) is 11.3. The van der Waals surface area contributed by atoms with E-state index in [0.29, 0.717) is 36.4 Å². The number of unbranched alkanes of at least 4 members (excludes halogenated alkanes) is 2. The van der Waals surface area contributed by atoms with Crippen molar-refractivity contribution in [1.29, 1.82) is 0 Å². The first-order chi connectivity index (χ1) is 16.4. The second-order valence-electron chi connectivity index (χ2n) is 8.83. The molecule has 1 saturated heterocycles. The number of fused-ring (bicyclic) bond motifs is 1. The van der Waals surface area contributed by atoms with Gasteiger partial charge in [-0.15, -0.1) is 0 Å². The Morgan fingerprint density at radius 1 is 1.06 bits per heavy atom. The van der Waals surface area contributed by atoms with Gasteiger partial charge in [-0.1, -0.05) is 12.1 Å². The number of rotatable bonds is 10. The summed E-state index contributed by atoms with van der Waals surface area (Å²) < 4.78 is 46.9. The van der Waals surface area contributed by atoms with E-state index in [0.717, 1.165) is 49.4 Å². The van der Waals surface area contributed by atoms with Gasteiger partial charge in [0.25, 0.3) is 0 Å². The summed E-state index contributed by atoms with van der Waals surface area (Å²) in [6.45, 7) is 2.66. The summed E-state index contributed by atoms with van der Waals surface area (Å²) in [5.41, 5.74) is 0. The molecule has 1 aliphatic rings. The van der Waals surface area contributed by atoms with Crippen LogP contribution in [0.15, 0.2) is 65.8 Å². The van der Waals surface area contributed by atoms with E-state index >= 15 is 0 Å². The highest BCUT2D eigenvalue weighted by Gasteiger charge is 2.31. The van der Waals surface area contributed by atoms with Crippen molar-refractivity contribution >= 4 is 20.8 Å². The number of benzene rings is 2. The highest BCUT2D eigenvalue weighted by Crippen LogP contribution is 2.28. The molecule has 1 fully saturated rings. The van der Waals surface area contributed by atoms with Gasteiger partial charge in [-0.3, -0.25) is 4.98 Å². The van der Waals surface area contributed by atoms with Gasteiger partial charge in [0, 0.05) is 42.3 Å². The molecule has 0 N–H and O–H groups in total. The number of hydrogen-bond donors (Lipinski definition) is 0. The highest BCUT2D eigenvalue weighted by atomic mass is 32.2. The lowest BCUT2D eigenvalue weighted by molar-refractivity contribution is 0.165. The number of halogens is 1. The molecule has 1 aliphatic heterocycles. The number of ether oxygens (including phenoxy) is 1. The van der Waals surface area contributed by atoms with Crippen molar-refractivity contribution in [1.82, 2.24) is 14.2 Å². The molecule has 0 unspecified atom stereocenters. The summed E-state index contributed by atoms with van der Waals surface area (Å²) in [5, 5.41) is 1.56. The molecule has 182 valence electrons. The van der Waals surface area contributed by atoms with Gasteiger partial charge in [0.05, 0.1) is 11.5 Å². The maximum Gasteiger partial charge on any atom is 0.243 e. The van der Waals surface area contributed by atoms with E-state index in [9.17, 15) is 12.8 Å². The molecule has 0 atom stereocenters. The third kappa shape index (κ3) is 5.92. The van der Waals surface area contributed by atoms with E-state index in [1.165, 1.54) is 12.1 Å². The fraction of sp³-hybridized carbons (Fsp3) is 0.423. The molecule has 0 radical (unpaired) electrons. The molecule has 0 spiro atoms. The zero-order chi connectivity index (χ0) is 24.0. The van der Waals surface area contributed by atoms with Gasteiger partial charge in [0.15, 0.2) is 0 Å². The van der Waals surface area contributed by atoms with Gasteiger partial charge in [-0.2, -0.15) is 4.31 Å². The van der Waals surface area contributed by atoms with Crippen LogP contribution in [0.3, 0.4) is 0 Å². The van der Waals surface area contributed by atoms with Crippen LogP contribution in [0.2, 0.25) is 0 Å². The Kier molecular flexibility index (Phi) is 8.13. The number of nitrogens with zero attached hydrogens (tertiary/aromatic N) is 3. The lowest BCUT2D eigenvalue weighted by Crippen LogP contribution is -2.45. The first-order valence-corrected chi connectivity index (χ1v) is 13.3. The molecule has 2 aromatic carbocycles. The fourth-order valence-electron chi connectivity index (χ4n) is 4.52. The molecule has 4 rings (SSSR count).